The van der Waals surface area contributed by atoms with E-state index in [0.29, 0.717) is 6.42 Å². The molecule has 2 aliphatic heterocycles. The summed E-state index contributed by atoms with van der Waals surface area (Å²) in [6, 6.07) is 8.98. The van der Waals surface area contributed by atoms with Crippen LogP contribution in [0.25, 0.3) is 0 Å². The normalized spacial score (nSPS) is 20.5. The first-order valence-electron chi connectivity index (χ1n) is 20.3. The van der Waals surface area contributed by atoms with Gasteiger partial charge in [-0.15, -0.1) is 6.67 Å². The van der Waals surface area contributed by atoms with Gasteiger partial charge in [-0.1, -0.05) is 54.7 Å². The van der Waals surface area contributed by atoms with Crippen molar-refractivity contribution in [2.75, 3.05) is 16.3 Å². The van der Waals surface area contributed by atoms with Gasteiger partial charge in [0, 0.05) is 19.3 Å². The second-order valence-electron chi connectivity index (χ2n) is 16.2. The Kier molecular flexibility index (Phi) is 16.6. The predicted molar refractivity (Wildman–Crippen MR) is 227 cm³/mol. The van der Waals surface area contributed by atoms with Crippen LogP contribution in [0.5, 0.6) is 0 Å². The van der Waals surface area contributed by atoms with Gasteiger partial charge in [0.2, 0.25) is 0 Å². The number of carbonyl (C=O) groups is 1. The third kappa shape index (κ3) is 11.6. The summed E-state index contributed by atoms with van der Waals surface area (Å²) < 4.78 is 1.68. The SMILES string of the molecule is C1CCC([PH+](C2CCCCC2)C2CCCCC2)CC1.Cc1cc(C)c(N2C=CN(c3c(C)cc(C)cc3C)[CH-]2)c(C)c1.O=C1CCCN1[CH]=[Ru]([Cl])[Cl]. The van der Waals surface area contributed by atoms with Gasteiger partial charge in [0.25, 0.3) is 0 Å². The molecule has 3 saturated carbocycles. The number of rotatable bonds is 6. The van der Waals surface area contributed by atoms with E-state index in [0.717, 1.165) is 13.0 Å². The zero-order valence-corrected chi connectivity index (χ0v) is 37.2. The van der Waals surface area contributed by atoms with E-state index < -0.39 is 13.5 Å². The van der Waals surface area contributed by atoms with Crippen LogP contribution in [0, 0.1) is 48.2 Å². The minimum atomic E-state index is -1.78. The molecule has 0 radical (unpaired) electrons. The maximum absolute atomic E-state index is 10.9. The van der Waals surface area contributed by atoms with Crippen LogP contribution >= 0.6 is 27.3 Å². The van der Waals surface area contributed by atoms with Gasteiger partial charge in [-0.25, -0.2) is 0 Å². The fourth-order valence-corrected chi connectivity index (χ4v) is 17.0. The molecule has 3 aliphatic carbocycles. The Labute approximate surface area is 331 Å². The van der Waals surface area contributed by atoms with Crippen LogP contribution in [-0.2, 0) is 18.3 Å². The van der Waals surface area contributed by atoms with Crippen molar-refractivity contribution in [1.82, 2.24) is 4.90 Å². The molecule has 2 heterocycles. The molecule has 0 aromatic heterocycles. The van der Waals surface area contributed by atoms with Crippen molar-refractivity contribution in [3.05, 3.63) is 76.7 Å². The molecule has 0 atom stereocenters. The number of anilines is 2. The van der Waals surface area contributed by atoms with Crippen molar-refractivity contribution in [2.45, 2.75) is 168 Å². The van der Waals surface area contributed by atoms with Gasteiger partial charge in [-0.3, -0.25) is 0 Å². The molecule has 8 heteroatoms. The van der Waals surface area contributed by atoms with E-state index in [4.69, 9.17) is 19.4 Å². The molecule has 1 amide bonds. The number of carbonyl (C=O) groups excluding carboxylic acids is 1. The van der Waals surface area contributed by atoms with Gasteiger partial charge in [0.05, 0.1) is 17.0 Å². The Balaban J connectivity index is 0.000000162. The Morgan fingerprint density at radius 1 is 0.615 bits per heavy atom. The number of amides is 1. The molecule has 52 heavy (non-hydrogen) atoms. The van der Waals surface area contributed by atoms with E-state index in [1.54, 1.807) is 106 Å². The van der Waals surface area contributed by atoms with Crippen molar-refractivity contribution in [2.24, 2.45) is 0 Å². The van der Waals surface area contributed by atoms with E-state index in [-0.39, 0.29) is 13.8 Å². The van der Waals surface area contributed by atoms with E-state index in [9.17, 15) is 4.79 Å². The topological polar surface area (TPSA) is 26.8 Å². The van der Waals surface area contributed by atoms with Gasteiger partial charge >= 0.3 is 72.6 Å². The maximum atomic E-state index is 10.9. The first-order valence-corrected chi connectivity index (χ1v) is 27.5. The van der Waals surface area contributed by atoms with Crippen LogP contribution in [0.3, 0.4) is 0 Å². The summed E-state index contributed by atoms with van der Waals surface area (Å²) in [6.07, 6.45) is 29.7. The molecule has 5 aliphatic rings. The summed E-state index contributed by atoms with van der Waals surface area (Å²) in [5, 5.41) is 0. The fraction of sp³-hybridized carbons (Fsp3) is 0.614. The molecule has 1 saturated heterocycles. The average molecular weight is 856 g/mol. The molecule has 0 unspecified atom stereocenters. The number of nitrogens with zero attached hydrogens (tertiary/aromatic N) is 3. The van der Waals surface area contributed by atoms with Crippen LogP contribution in [0.15, 0.2) is 36.7 Å². The minimum absolute atomic E-state index is 0.0465. The zero-order valence-electron chi connectivity index (χ0n) is 32.9. The van der Waals surface area contributed by atoms with Crippen molar-refractivity contribution in [1.29, 1.82) is 0 Å². The zero-order chi connectivity index (χ0) is 37.2. The molecule has 2 aromatic carbocycles. The van der Waals surface area contributed by atoms with Gasteiger partial charge < -0.3 is 9.80 Å². The Hall–Kier alpha value is -1.25. The van der Waals surface area contributed by atoms with Crippen molar-refractivity contribution in [3.8, 4) is 0 Å². The van der Waals surface area contributed by atoms with E-state index in [2.05, 4.69) is 94.7 Å². The summed E-state index contributed by atoms with van der Waals surface area (Å²) in [5.41, 5.74) is 14.1. The van der Waals surface area contributed by atoms with Gasteiger partial charge in [0.1, 0.15) is 0 Å². The average Bonchev–Trinajstić information content (AvgIpc) is 3.74. The molecule has 7 rings (SSSR count). The molecule has 290 valence electrons. The van der Waals surface area contributed by atoms with E-state index in [1.165, 1.54) is 61.7 Å². The van der Waals surface area contributed by atoms with Gasteiger partial charge in [-0.2, -0.15) is 0 Å². The van der Waals surface area contributed by atoms with Crippen molar-refractivity contribution >= 4 is 49.3 Å². The number of hydrogen-bond acceptors (Lipinski definition) is 3. The monoisotopic (exact) mass is 855 g/mol. The van der Waals surface area contributed by atoms with Gasteiger partial charge in [-0.05, 0) is 153 Å². The third-order valence-corrected chi connectivity index (χ3v) is 18.2. The van der Waals surface area contributed by atoms with E-state index >= 15 is 0 Å². The summed E-state index contributed by atoms with van der Waals surface area (Å²) >= 11 is -1.78. The van der Waals surface area contributed by atoms with Crippen LogP contribution < -0.4 is 9.80 Å². The Bertz CT molecular complexity index is 1390. The molecular weight excluding hydrogens is 789 g/mol. The second kappa shape index (κ2) is 20.6. The van der Waals surface area contributed by atoms with Crippen molar-refractivity contribution in [3.63, 3.8) is 0 Å². The summed E-state index contributed by atoms with van der Waals surface area (Å²) in [7, 11) is 11.1. The molecule has 2 aromatic rings. The first-order chi connectivity index (χ1) is 25.0. The Morgan fingerprint density at radius 3 is 1.29 bits per heavy atom. The molecule has 0 N–H and O–H groups in total. The number of benzene rings is 2. The number of halogens is 2. The Morgan fingerprint density at radius 2 is 0.981 bits per heavy atom. The van der Waals surface area contributed by atoms with Gasteiger partial charge in [0.15, 0.2) is 0 Å². The van der Waals surface area contributed by atoms with Crippen molar-refractivity contribution < 1.29 is 18.3 Å². The summed E-state index contributed by atoms with van der Waals surface area (Å²) in [5.74, 6) is 0.153. The molecule has 4 nitrogen and oxygen atoms in total. The van der Waals surface area contributed by atoms with E-state index in [1.807, 2.05) is 0 Å². The summed E-state index contributed by atoms with van der Waals surface area (Å²) in [4.78, 5) is 17.0. The standard InChI is InChI=1S/C21H25N2.C18H33P.C5H7NO.2ClH.Ru/c1-14-9-16(3)20(17(4)10-14)22-7-8-23(13-22)21-18(5)11-15(2)12-19(21)6;1-4-10-16(11-5-1)19(17-12-6-2-7-13-17)18-14-8-3-9-15-18;1-6-4-2-3-5(6)7;;;/h7-13H,1-6H3;16-18H,1-15H2;1H,2-4H2;2*1H;/q-1;;;;;+2/p-1. The predicted octanol–water partition coefficient (Wildman–Crippen LogP) is 12.9. The number of aryl methyl sites for hydroxylation is 6. The molecular formula is C44H66Cl2N3OPRu. The number of hydrogen-bond donors (Lipinski definition) is 0. The number of likely N-dealkylation sites (tertiary alicyclic amines) is 1. The van der Waals surface area contributed by atoms with Crippen LogP contribution in [0.2, 0.25) is 0 Å². The van der Waals surface area contributed by atoms with Crippen LogP contribution in [0.4, 0.5) is 11.4 Å². The third-order valence-electron chi connectivity index (χ3n) is 11.9. The quantitative estimate of drug-likeness (QED) is 0.165. The van der Waals surface area contributed by atoms with Crippen LogP contribution in [0.1, 0.15) is 143 Å². The molecule has 0 spiro atoms. The summed E-state index contributed by atoms with van der Waals surface area (Å²) in [6.45, 7) is 16.0. The molecule has 4 fully saturated rings. The fourth-order valence-electron chi connectivity index (χ4n) is 9.94. The van der Waals surface area contributed by atoms with Crippen LogP contribution in [-0.4, -0.2) is 39.1 Å². The molecule has 0 bridgehead atoms. The first kappa shape index (κ1) is 41.9. The second-order valence-corrected chi connectivity index (χ2v) is 25.3.